The lowest BCUT2D eigenvalue weighted by Crippen LogP contribution is -2.11. The van der Waals surface area contributed by atoms with Crippen molar-refractivity contribution >= 4 is 11.5 Å². The van der Waals surface area contributed by atoms with Crippen LogP contribution in [0.3, 0.4) is 0 Å². The molecule has 1 aromatic heterocycles. The molecule has 0 spiro atoms. The van der Waals surface area contributed by atoms with E-state index in [9.17, 15) is 0 Å². The van der Waals surface area contributed by atoms with Crippen LogP contribution in [0.1, 0.15) is 29.0 Å². The zero-order chi connectivity index (χ0) is 11.4. The number of aromatic nitrogens is 2. The third-order valence-electron chi connectivity index (χ3n) is 2.63. The molecule has 16 heavy (non-hydrogen) atoms. The summed E-state index contributed by atoms with van der Waals surface area (Å²) in [5.74, 6) is 0. The zero-order valence-corrected chi connectivity index (χ0v) is 10.1. The van der Waals surface area contributed by atoms with Crippen molar-refractivity contribution in [2.45, 2.75) is 25.8 Å². The highest BCUT2D eigenvalue weighted by Crippen LogP contribution is 2.18. The van der Waals surface area contributed by atoms with E-state index in [1.54, 1.807) is 6.20 Å². The molecule has 1 aromatic carbocycles. The fourth-order valence-electron chi connectivity index (χ4n) is 1.60. The van der Waals surface area contributed by atoms with Crippen LogP contribution in [-0.2, 0) is 12.8 Å². The van der Waals surface area contributed by atoms with Crippen molar-refractivity contribution < 1.29 is 0 Å². The summed E-state index contributed by atoms with van der Waals surface area (Å²) in [5, 5.41) is 3.80. The molecule has 4 heteroatoms. The monoisotopic (exact) mass is 233 g/mol. The van der Waals surface area contributed by atoms with Crippen molar-refractivity contribution in [3.8, 4) is 0 Å². The predicted octanol–water partition coefficient (Wildman–Crippen LogP) is 2.34. The van der Waals surface area contributed by atoms with E-state index in [1.165, 1.54) is 22.7 Å². The van der Waals surface area contributed by atoms with Crippen LogP contribution in [0.15, 0.2) is 30.5 Å². The van der Waals surface area contributed by atoms with Gasteiger partial charge in [-0.2, -0.15) is 0 Å². The van der Waals surface area contributed by atoms with Gasteiger partial charge in [-0.3, -0.25) is 0 Å². The van der Waals surface area contributed by atoms with E-state index in [1.807, 2.05) is 0 Å². The minimum Gasteiger partial charge on any atom is -0.323 e. The normalized spacial score (nSPS) is 12.6. The number of hydrogen-bond acceptors (Lipinski definition) is 4. The van der Waals surface area contributed by atoms with Gasteiger partial charge in [-0.1, -0.05) is 35.7 Å². The number of rotatable bonds is 4. The van der Waals surface area contributed by atoms with E-state index in [0.29, 0.717) is 0 Å². The van der Waals surface area contributed by atoms with Crippen molar-refractivity contribution in [2.24, 2.45) is 5.73 Å². The molecular weight excluding hydrogens is 218 g/mol. The molecule has 1 atom stereocenters. The van der Waals surface area contributed by atoms with Gasteiger partial charge in [0.1, 0.15) is 0 Å². The van der Waals surface area contributed by atoms with Crippen molar-refractivity contribution in [2.75, 3.05) is 0 Å². The first-order chi connectivity index (χ1) is 7.79. The summed E-state index contributed by atoms with van der Waals surface area (Å²) in [7, 11) is 0. The average molecular weight is 233 g/mol. The third-order valence-corrected chi connectivity index (χ3v) is 3.43. The van der Waals surface area contributed by atoms with Gasteiger partial charge in [0.15, 0.2) is 0 Å². The van der Waals surface area contributed by atoms with E-state index < -0.39 is 0 Å². The van der Waals surface area contributed by atoms with Crippen LogP contribution in [0, 0.1) is 0 Å². The Kier molecular flexibility index (Phi) is 3.64. The standard InChI is InChI=1S/C12H15N3S/c1-2-9-3-5-10(6-4-9)7-11(13)12-8-14-15-16-12/h3-6,8,11H,2,7,13H2,1H3. The molecule has 0 aliphatic heterocycles. The molecule has 0 bridgehead atoms. The van der Waals surface area contributed by atoms with Gasteiger partial charge < -0.3 is 5.73 Å². The maximum atomic E-state index is 6.07. The van der Waals surface area contributed by atoms with Gasteiger partial charge in [0, 0.05) is 6.04 Å². The van der Waals surface area contributed by atoms with Crippen LogP contribution < -0.4 is 5.73 Å². The van der Waals surface area contributed by atoms with E-state index in [2.05, 4.69) is 40.8 Å². The molecule has 2 N–H and O–H groups in total. The Morgan fingerprint density at radius 1 is 1.25 bits per heavy atom. The number of hydrogen-bond donors (Lipinski definition) is 1. The third kappa shape index (κ3) is 2.65. The number of nitrogens with zero attached hydrogens (tertiary/aromatic N) is 2. The second kappa shape index (κ2) is 5.18. The number of nitrogens with two attached hydrogens (primary N) is 1. The zero-order valence-electron chi connectivity index (χ0n) is 9.26. The predicted molar refractivity (Wildman–Crippen MR) is 66.4 cm³/mol. The van der Waals surface area contributed by atoms with Crippen molar-refractivity contribution in [3.05, 3.63) is 46.5 Å². The minimum atomic E-state index is 0.00692. The molecule has 0 aliphatic rings. The van der Waals surface area contributed by atoms with Gasteiger partial charge in [-0.05, 0) is 35.5 Å². The molecule has 0 radical (unpaired) electrons. The fraction of sp³-hybridized carbons (Fsp3) is 0.333. The Morgan fingerprint density at radius 3 is 2.50 bits per heavy atom. The van der Waals surface area contributed by atoms with Gasteiger partial charge in [0.2, 0.25) is 0 Å². The summed E-state index contributed by atoms with van der Waals surface area (Å²) in [5.41, 5.74) is 8.69. The second-order valence-electron chi connectivity index (χ2n) is 3.80. The van der Waals surface area contributed by atoms with E-state index in [4.69, 9.17) is 5.73 Å². The highest BCUT2D eigenvalue weighted by Gasteiger charge is 2.09. The Bertz CT molecular complexity index is 422. The largest absolute Gasteiger partial charge is 0.323 e. The van der Waals surface area contributed by atoms with Crippen LogP contribution in [0.4, 0.5) is 0 Å². The minimum absolute atomic E-state index is 0.00692. The Labute approximate surface area is 99.5 Å². The summed E-state index contributed by atoms with van der Waals surface area (Å²) < 4.78 is 3.82. The molecule has 3 nitrogen and oxygen atoms in total. The first-order valence-electron chi connectivity index (χ1n) is 5.40. The highest BCUT2D eigenvalue weighted by molar-refractivity contribution is 7.05. The molecule has 2 rings (SSSR count). The Morgan fingerprint density at radius 2 is 1.94 bits per heavy atom. The number of aryl methyl sites for hydroxylation is 1. The van der Waals surface area contributed by atoms with Crippen molar-refractivity contribution in [1.82, 2.24) is 9.59 Å². The molecule has 2 aromatic rings. The summed E-state index contributed by atoms with van der Waals surface area (Å²) in [6, 6.07) is 8.62. The lowest BCUT2D eigenvalue weighted by Gasteiger charge is -2.08. The Hall–Kier alpha value is -1.26. The van der Waals surface area contributed by atoms with Crippen LogP contribution in [0.25, 0.3) is 0 Å². The van der Waals surface area contributed by atoms with E-state index >= 15 is 0 Å². The van der Waals surface area contributed by atoms with Crippen LogP contribution >= 0.6 is 11.5 Å². The first-order valence-corrected chi connectivity index (χ1v) is 6.17. The maximum absolute atomic E-state index is 6.07. The molecule has 0 aliphatic carbocycles. The van der Waals surface area contributed by atoms with Crippen LogP contribution in [-0.4, -0.2) is 9.59 Å². The summed E-state index contributed by atoms with van der Waals surface area (Å²) >= 11 is 1.37. The van der Waals surface area contributed by atoms with Gasteiger partial charge in [0.05, 0.1) is 11.1 Å². The van der Waals surface area contributed by atoms with Crippen LogP contribution in [0.5, 0.6) is 0 Å². The smallest absolute Gasteiger partial charge is 0.0669 e. The summed E-state index contributed by atoms with van der Waals surface area (Å²) in [6.07, 6.45) is 3.66. The SMILES string of the molecule is CCc1ccc(CC(N)c2cnns2)cc1. The van der Waals surface area contributed by atoms with Crippen LogP contribution in [0.2, 0.25) is 0 Å². The second-order valence-corrected chi connectivity index (χ2v) is 4.62. The molecule has 1 unspecified atom stereocenters. The molecule has 0 fully saturated rings. The first kappa shape index (κ1) is 11.2. The van der Waals surface area contributed by atoms with Gasteiger partial charge in [-0.25, -0.2) is 0 Å². The maximum Gasteiger partial charge on any atom is 0.0669 e. The van der Waals surface area contributed by atoms with Gasteiger partial charge >= 0.3 is 0 Å². The van der Waals surface area contributed by atoms with E-state index in [-0.39, 0.29) is 6.04 Å². The van der Waals surface area contributed by atoms with Gasteiger partial charge in [-0.15, -0.1) is 5.10 Å². The molecule has 84 valence electrons. The quantitative estimate of drug-likeness (QED) is 0.882. The molecular formula is C12H15N3S. The molecule has 0 saturated carbocycles. The molecule has 1 heterocycles. The molecule has 0 amide bonds. The fourth-order valence-corrected chi connectivity index (χ4v) is 2.11. The van der Waals surface area contributed by atoms with Gasteiger partial charge in [0.25, 0.3) is 0 Å². The Balaban J connectivity index is 2.03. The topological polar surface area (TPSA) is 51.8 Å². The lowest BCUT2D eigenvalue weighted by atomic mass is 10.0. The average Bonchev–Trinajstić information content (AvgIpc) is 2.83. The number of benzene rings is 1. The summed E-state index contributed by atoms with van der Waals surface area (Å²) in [4.78, 5) is 1.04. The highest BCUT2D eigenvalue weighted by atomic mass is 32.1. The van der Waals surface area contributed by atoms with Crippen molar-refractivity contribution in [1.29, 1.82) is 0 Å². The lowest BCUT2D eigenvalue weighted by molar-refractivity contribution is 0.734. The summed E-state index contributed by atoms with van der Waals surface area (Å²) in [6.45, 7) is 2.16. The van der Waals surface area contributed by atoms with E-state index in [0.717, 1.165) is 17.7 Å². The molecule has 0 saturated heterocycles. The van der Waals surface area contributed by atoms with Crippen molar-refractivity contribution in [3.63, 3.8) is 0 Å².